The molecule has 3 atom stereocenters. The van der Waals surface area contributed by atoms with Crippen LogP contribution >= 0.6 is 0 Å². The van der Waals surface area contributed by atoms with Crippen LogP contribution in [0.5, 0.6) is 0 Å². The number of aromatic nitrogens is 3. The molecule has 0 aromatic carbocycles. The number of rotatable bonds is 8. The molecule has 12 heteroatoms. The lowest BCUT2D eigenvalue weighted by Gasteiger charge is -2.36. The van der Waals surface area contributed by atoms with E-state index in [-0.39, 0.29) is 29.2 Å². The average molecular weight is 555 g/mol. The molecule has 4 rings (SSSR count). The van der Waals surface area contributed by atoms with Crippen LogP contribution < -0.4 is 15.5 Å². The van der Waals surface area contributed by atoms with Crippen molar-refractivity contribution in [2.24, 2.45) is 0 Å². The van der Waals surface area contributed by atoms with Gasteiger partial charge in [0.2, 0.25) is 5.91 Å². The van der Waals surface area contributed by atoms with Gasteiger partial charge in [-0.15, -0.1) is 0 Å². The Balaban J connectivity index is 1.73. The minimum absolute atomic E-state index is 0.0828. The summed E-state index contributed by atoms with van der Waals surface area (Å²) in [7, 11) is -2.05. The Kier molecular flexibility index (Phi) is 8.48. The molecule has 1 amide bonds. The van der Waals surface area contributed by atoms with E-state index in [1.807, 2.05) is 25.3 Å². The van der Waals surface area contributed by atoms with E-state index in [2.05, 4.69) is 39.3 Å². The quantitative estimate of drug-likeness (QED) is 0.421. The van der Waals surface area contributed by atoms with Gasteiger partial charge in [0.1, 0.15) is 11.6 Å². The van der Waals surface area contributed by atoms with Gasteiger partial charge < -0.3 is 25.0 Å². The first-order valence-electron chi connectivity index (χ1n) is 12.6. The number of hydrogen-bond acceptors (Lipinski definition) is 10. The summed E-state index contributed by atoms with van der Waals surface area (Å²) < 4.78 is 36.0. The summed E-state index contributed by atoms with van der Waals surface area (Å²) in [5.41, 5.74) is 3.45. The summed E-state index contributed by atoms with van der Waals surface area (Å²) in [4.78, 5) is 27.3. The predicted molar refractivity (Wildman–Crippen MR) is 150 cm³/mol. The van der Waals surface area contributed by atoms with Gasteiger partial charge in [-0.3, -0.25) is 9.78 Å². The van der Waals surface area contributed by atoms with Gasteiger partial charge in [0, 0.05) is 51.2 Å². The molecule has 1 aliphatic rings. The van der Waals surface area contributed by atoms with Gasteiger partial charge in [-0.2, -0.15) is 0 Å². The van der Waals surface area contributed by atoms with Gasteiger partial charge in [0.05, 0.1) is 41.6 Å². The third kappa shape index (κ3) is 7.08. The Morgan fingerprint density at radius 2 is 1.82 bits per heavy atom. The Labute approximate surface area is 228 Å². The smallest absolute Gasteiger partial charge is 0.222 e. The van der Waals surface area contributed by atoms with E-state index in [0.29, 0.717) is 34.1 Å². The summed E-state index contributed by atoms with van der Waals surface area (Å²) in [6.07, 6.45) is 4.40. The van der Waals surface area contributed by atoms with Crippen LogP contribution in [0.1, 0.15) is 39.4 Å². The van der Waals surface area contributed by atoms with Crippen molar-refractivity contribution in [2.75, 3.05) is 42.0 Å². The van der Waals surface area contributed by atoms with Gasteiger partial charge in [0.15, 0.2) is 14.9 Å². The normalized spacial score (nSPS) is 18.5. The Morgan fingerprint density at radius 3 is 2.41 bits per heavy atom. The van der Waals surface area contributed by atoms with Crippen LogP contribution in [0.4, 0.5) is 23.0 Å². The number of nitrogens with zero attached hydrogens (tertiary/aromatic N) is 4. The molecular formula is C27H34N6O5S. The van der Waals surface area contributed by atoms with E-state index in [1.54, 1.807) is 25.4 Å². The number of hydrogen-bond donors (Lipinski definition) is 2. The molecule has 39 heavy (non-hydrogen) atoms. The van der Waals surface area contributed by atoms with Crippen molar-refractivity contribution in [2.45, 2.75) is 51.0 Å². The number of amides is 1. The number of carbonyl (C=O) groups is 1. The van der Waals surface area contributed by atoms with Crippen LogP contribution in [0, 0.1) is 0 Å². The molecule has 0 unspecified atom stereocenters. The predicted octanol–water partition coefficient (Wildman–Crippen LogP) is 3.97. The maximum Gasteiger partial charge on any atom is 0.222 e. The van der Waals surface area contributed by atoms with E-state index < -0.39 is 9.84 Å². The fraction of sp³-hybridized carbons (Fsp3) is 0.407. The highest BCUT2D eigenvalue weighted by Gasteiger charge is 2.23. The van der Waals surface area contributed by atoms with Crippen LogP contribution in [0.2, 0.25) is 0 Å². The molecule has 0 radical (unpaired) electrons. The van der Waals surface area contributed by atoms with Crippen LogP contribution in [0.3, 0.4) is 0 Å². The van der Waals surface area contributed by atoms with Crippen molar-refractivity contribution in [3.05, 3.63) is 48.3 Å². The first-order valence-corrected chi connectivity index (χ1v) is 14.5. The van der Waals surface area contributed by atoms with E-state index in [4.69, 9.17) is 14.5 Å². The number of pyridine rings is 3. The second-order valence-electron chi connectivity index (χ2n) is 9.76. The largest absolute Gasteiger partial charge is 0.377 e. The van der Waals surface area contributed by atoms with E-state index in [1.165, 1.54) is 13.0 Å². The number of anilines is 4. The highest BCUT2D eigenvalue weighted by atomic mass is 32.2. The average Bonchev–Trinajstić information content (AvgIpc) is 2.87. The lowest BCUT2D eigenvalue weighted by atomic mass is 10.1. The molecule has 0 aliphatic carbocycles. The molecule has 0 spiro atoms. The topological polar surface area (TPSA) is 136 Å². The van der Waals surface area contributed by atoms with Crippen LogP contribution in [-0.2, 0) is 24.1 Å². The van der Waals surface area contributed by atoms with Crippen LogP contribution in [-0.4, -0.2) is 67.9 Å². The molecule has 0 bridgehead atoms. The zero-order valence-corrected chi connectivity index (χ0v) is 23.7. The van der Waals surface area contributed by atoms with E-state index >= 15 is 0 Å². The first-order chi connectivity index (χ1) is 18.4. The molecule has 1 fully saturated rings. The highest BCUT2D eigenvalue weighted by molar-refractivity contribution is 7.90. The second kappa shape index (κ2) is 11.6. The lowest BCUT2D eigenvalue weighted by molar-refractivity contribution is -0.114. The summed E-state index contributed by atoms with van der Waals surface area (Å²) in [5, 5.41) is 5.81. The monoisotopic (exact) mass is 554 g/mol. The van der Waals surface area contributed by atoms with Crippen molar-refractivity contribution in [3.8, 4) is 11.3 Å². The molecule has 0 saturated carbocycles. The number of carbonyl (C=O) groups excluding carboxylic acids is 1. The van der Waals surface area contributed by atoms with Crippen LogP contribution in [0.25, 0.3) is 11.3 Å². The van der Waals surface area contributed by atoms with Gasteiger partial charge in [0.25, 0.3) is 0 Å². The number of morpholine rings is 1. The van der Waals surface area contributed by atoms with Gasteiger partial charge in [-0.05, 0) is 50.6 Å². The van der Waals surface area contributed by atoms with Crippen molar-refractivity contribution < 1.29 is 22.7 Å². The van der Waals surface area contributed by atoms with E-state index in [0.717, 1.165) is 25.0 Å². The fourth-order valence-electron chi connectivity index (χ4n) is 4.42. The van der Waals surface area contributed by atoms with Crippen molar-refractivity contribution in [3.63, 3.8) is 0 Å². The number of sulfone groups is 1. The standard InChI is InChI=1S/C27H34N6O5S/c1-16-14-33(15-17(2)38-16)21-7-8-23(28-12-21)22-13-29-25(30-19(4)34)11-24(22)31-26-9-20(18(3)37-5)10-27(32-26)39(6,35)36/h7-13,16-18H,14-15H2,1-6H3,(H2,29,30,31,32,34)/t16-,17+,18-/m1/s1. The molecule has 4 heterocycles. The Bertz CT molecular complexity index is 1440. The lowest BCUT2D eigenvalue weighted by Crippen LogP contribution is -2.45. The third-order valence-corrected chi connectivity index (χ3v) is 7.28. The second-order valence-corrected chi connectivity index (χ2v) is 11.7. The van der Waals surface area contributed by atoms with Gasteiger partial charge in [-0.25, -0.2) is 18.4 Å². The number of nitrogens with one attached hydrogen (secondary N) is 2. The summed E-state index contributed by atoms with van der Waals surface area (Å²) in [6.45, 7) is 8.86. The fourth-order valence-corrected chi connectivity index (χ4v) is 5.04. The van der Waals surface area contributed by atoms with Crippen LogP contribution in [0.15, 0.2) is 47.8 Å². The number of ether oxygens (including phenoxy) is 2. The molecular weight excluding hydrogens is 520 g/mol. The van der Waals surface area contributed by atoms with E-state index in [9.17, 15) is 13.2 Å². The summed E-state index contributed by atoms with van der Waals surface area (Å²) >= 11 is 0. The van der Waals surface area contributed by atoms with Gasteiger partial charge in [-0.1, -0.05) is 0 Å². The highest BCUT2D eigenvalue weighted by Crippen LogP contribution is 2.33. The molecule has 3 aromatic rings. The molecule has 1 aliphatic heterocycles. The maximum atomic E-state index is 12.4. The molecule has 208 valence electrons. The zero-order valence-electron chi connectivity index (χ0n) is 22.9. The molecule has 3 aromatic heterocycles. The summed E-state index contributed by atoms with van der Waals surface area (Å²) in [6, 6.07) is 8.78. The first kappa shape index (κ1) is 28.4. The van der Waals surface area contributed by atoms with Crippen molar-refractivity contribution in [1.82, 2.24) is 15.0 Å². The van der Waals surface area contributed by atoms with Crippen molar-refractivity contribution in [1.29, 1.82) is 0 Å². The third-order valence-electron chi connectivity index (χ3n) is 6.31. The van der Waals surface area contributed by atoms with Crippen molar-refractivity contribution >= 4 is 38.8 Å². The Morgan fingerprint density at radius 1 is 1.10 bits per heavy atom. The Hall–Kier alpha value is -3.61. The zero-order chi connectivity index (χ0) is 28.3. The summed E-state index contributed by atoms with van der Waals surface area (Å²) in [5.74, 6) is 0.350. The molecule has 2 N–H and O–H groups in total. The minimum Gasteiger partial charge on any atom is -0.377 e. The SMILES string of the molecule is CO[C@H](C)c1cc(Nc2cc(NC(C)=O)ncc2-c2ccc(N3C[C@@H](C)O[C@@H](C)C3)cn2)nc(S(C)(=O)=O)c1. The molecule has 1 saturated heterocycles. The minimum atomic E-state index is -3.59. The molecule has 11 nitrogen and oxygen atoms in total. The maximum absolute atomic E-state index is 12.4. The van der Waals surface area contributed by atoms with Gasteiger partial charge >= 0.3 is 0 Å². The number of methoxy groups -OCH3 is 1.